The summed E-state index contributed by atoms with van der Waals surface area (Å²) < 4.78 is 1.26. The summed E-state index contributed by atoms with van der Waals surface area (Å²) in [7, 11) is 0. The van der Waals surface area contributed by atoms with Crippen LogP contribution in [0.15, 0.2) is 28.2 Å². The van der Waals surface area contributed by atoms with Gasteiger partial charge in [0.15, 0.2) is 0 Å². The Hall–Kier alpha value is -0.560. The van der Waals surface area contributed by atoms with Crippen LogP contribution in [0.2, 0.25) is 0 Å². The van der Waals surface area contributed by atoms with E-state index in [1.54, 1.807) is 5.57 Å². The minimum Gasteiger partial charge on any atom is -0.0652 e. The van der Waals surface area contributed by atoms with Crippen LogP contribution in [0.4, 0.5) is 0 Å². The van der Waals surface area contributed by atoms with Crippen LogP contribution in [0, 0.1) is 0 Å². The third kappa shape index (κ3) is 1.71. The molecule has 0 N–H and O–H groups in total. The number of fused-ring (bicyclic) bond motifs is 1. The van der Waals surface area contributed by atoms with Gasteiger partial charge in [0.2, 0.25) is 0 Å². The van der Waals surface area contributed by atoms with Crippen molar-refractivity contribution in [1.29, 1.82) is 0 Å². The highest BCUT2D eigenvalue weighted by Gasteiger charge is 2.13. The van der Waals surface area contributed by atoms with Crippen molar-refractivity contribution in [2.75, 3.05) is 0 Å². The summed E-state index contributed by atoms with van der Waals surface area (Å²) in [5.74, 6) is 0. The first-order valence-corrected chi connectivity index (χ1v) is 5.57. The Bertz CT molecular complexity index is 350. The van der Waals surface area contributed by atoms with E-state index in [-0.39, 0.29) is 0 Å². The van der Waals surface area contributed by atoms with E-state index in [1.165, 1.54) is 28.4 Å². The maximum absolute atomic E-state index is 3.59. The number of allylic oxidation sites excluding steroid dienone is 1. The molecule has 0 saturated carbocycles. The van der Waals surface area contributed by atoms with Crippen LogP contribution in [-0.2, 0) is 6.42 Å². The van der Waals surface area contributed by atoms with Gasteiger partial charge < -0.3 is 0 Å². The fourth-order valence-electron chi connectivity index (χ4n) is 1.88. The zero-order valence-electron chi connectivity index (χ0n) is 7.81. The lowest BCUT2D eigenvalue weighted by Crippen LogP contribution is -1.85. The third-order valence-corrected chi connectivity index (χ3v) is 3.23. The highest BCUT2D eigenvalue weighted by molar-refractivity contribution is 9.10. The lowest BCUT2D eigenvalue weighted by Gasteiger charge is -2.01. The Kier molecular flexibility index (Phi) is 2.54. The first kappa shape index (κ1) is 9.01. The van der Waals surface area contributed by atoms with E-state index in [1.807, 2.05) is 0 Å². The molecule has 0 fully saturated rings. The van der Waals surface area contributed by atoms with E-state index in [9.17, 15) is 0 Å². The fourth-order valence-corrected chi connectivity index (χ4v) is 2.40. The summed E-state index contributed by atoms with van der Waals surface area (Å²) in [4.78, 5) is 0. The molecule has 1 aromatic carbocycles. The molecule has 0 amide bonds. The van der Waals surface area contributed by atoms with Gasteiger partial charge in [0, 0.05) is 4.47 Å². The molecule has 1 aliphatic carbocycles. The molecule has 1 aromatic rings. The van der Waals surface area contributed by atoms with Crippen LogP contribution < -0.4 is 0 Å². The molecule has 0 atom stereocenters. The molecule has 13 heavy (non-hydrogen) atoms. The number of hydrogen-bond acceptors (Lipinski definition) is 0. The Balaban J connectivity index is 2.30. The molecule has 0 unspecified atom stereocenters. The molecule has 0 radical (unpaired) electrons. The van der Waals surface area contributed by atoms with Crippen molar-refractivity contribution >= 4 is 22.0 Å². The van der Waals surface area contributed by atoms with Gasteiger partial charge in [-0.2, -0.15) is 0 Å². The van der Waals surface area contributed by atoms with Gasteiger partial charge in [0.1, 0.15) is 0 Å². The van der Waals surface area contributed by atoms with Gasteiger partial charge in [-0.05, 0) is 30.0 Å². The van der Waals surface area contributed by atoms with Crippen molar-refractivity contribution in [3.05, 3.63) is 39.4 Å². The second kappa shape index (κ2) is 3.67. The van der Waals surface area contributed by atoms with E-state index in [0.29, 0.717) is 0 Å². The molecule has 68 valence electrons. The highest BCUT2D eigenvalue weighted by atomic mass is 79.9. The molecular weight excluding hydrogens is 224 g/mol. The standard InChI is InChI=1S/C12H13Br/c1-2-4-9-7-10-5-3-6-12(13)11(10)8-9/h3,5-7H,2,4,8H2,1H3. The summed E-state index contributed by atoms with van der Waals surface area (Å²) in [5, 5.41) is 0. The van der Waals surface area contributed by atoms with E-state index in [4.69, 9.17) is 0 Å². The molecule has 0 spiro atoms. The molecule has 0 saturated heterocycles. The molecule has 0 bridgehead atoms. The van der Waals surface area contributed by atoms with E-state index < -0.39 is 0 Å². The van der Waals surface area contributed by atoms with Crippen molar-refractivity contribution in [1.82, 2.24) is 0 Å². The van der Waals surface area contributed by atoms with Crippen molar-refractivity contribution < 1.29 is 0 Å². The van der Waals surface area contributed by atoms with Gasteiger partial charge in [-0.3, -0.25) is 0 Å². The smallest absolute Gasteiger partial charge is 0.0216 e. The highest BCUT2D eigenvalue weighted by Crippen LogP contribution is 2.32. The summed E-state index contributed by atoms with van der Waals surface area (Å²) in [6, 6.07) is 6.43. The predicted octanol–water partition coefficient (Wildman–Crippen LogP) is 4.19. The number of rotatable bonds is 2. The molecule has 0 aromatic heterocycles. The second-order valence-corrected chi connectivity index (χ2v) is 4.39. The lowest BCUT2D eigenvalue weighted by molar-refractivity contribution is 0.885. The quantitative estimate of drug-likeness (QED) is 0.723. The molecule has 0 heterocycles. The largest absolute Gasteiger partial charge is 0.0652 e. The van der Waals surface area contributed by atoms with E-state index in [2.05, 4.69) is 47.1 Å². The van der Waals surface area contributed by atoms with Gasteiger partial charge in [-0.15, -0.1) is 0 Å². The first-order valence-electron chi connectivity index (χ1n) is 4.78. The number of benzene rings is 1. The second-order valence-electron chi connectivity index (χ2n) is 3.54. The summed E-state index contributed by atoms with van der Waals surface area (Å²) >= 11 is 3.59. The minimum atomic E-state index is 1.14. The summed E-state index contributed by atoms with van der Waals surface area (Å²) in [6.45, 7) is 2.23. The SMILES string of the molecule is CCCC1=Cc2cccc(Br)c2C1. The van der Waals surface area contributed by atoms with Crippen molar-refractivity contribution in [3.63, 3.8) is 0 Å². The summed E-state index contributed by atoms with van der Waals surface area (Å²) in [5.41, 5.74) is 4.44. The van der Waals surface area contributed by atoms with Crippen LogP contribution in [0.5, 0.6) is 0 Å². The lowest BCUT2D eigenvalue weighted by atomic mass is 10.1. The maximum Gasteiger partial charge on any atom is 0.0216 e. The van der Waals surface area contributed by atoms with Crippen molar-refractivity contribution in [2.45, 2.75) is 26.2 Å². The minimum absolute atomic E-state index is 1.14. The van der Waals surface area contributed by atoms with Crippen LogP contribution in [0.25, 0.3) is 6.08 Å². The number of hydrogen-bond donors (Lipinski definition) is 0. The molecule has 1 heteroatoms. The van der Waals surface area contributed by atoms with Crippen LogP contribution >= 0.6 is 15.9 Å². The first-order chi connectivity index (χ1) is 6.31. The zero-order valence-corrected chi connectivity index (χ0v) is 9.39. The monoisotopic (exact) mass is 236 g/mol. The molecule has 1 aliphatic rings. The average Bonchev–Trinajstić information content (AvgIpc) is 2.49. The number of halogens is 1. The van der Waals surface area contributed by atoms with Gasteiger partial charge >= 0.3 is 0 Å². The Morgan fingerprint density at radius 1 is 1.38 bits per heavy atom. The maximum atomic E-state index is 3.59. The van der Waals surface area contributed by atoms with Crippen molar-refractivity contribution in [2.24, 2.45) is 0 Å². The predicted molar refractivity (Wildman–Crippen MR) is 60.7 cm³/mol. The van der Waals surface area contributed by atoms with Crippen LogP contribution in [-0.4, -0.2) is 0 Å². The Morgan fingerprint density at radius 2 is 2.23 bits per heavy atom. The Morgan fingerprint density at radius 3 is 2.92 bits per heavy atom. The molecule has 0 aliphatic heterocycles. The van der Waals surface area contributed by atoms with Crippen LogP contribution in [0.3, 0.4) is 0 Å². The fraction of sp³-hybridized carbons (Fsp3) is 0.333. The van der Waals surface area contributed by atoms with Gasteiger partial charge in [-0.25, -0.2) is 0 Å². The molecule has 2 rings (SSSR count). The molecular formula is C12H13Br. The van der Waals surface area contributed by atoms with Crippen molar-refractivity contribution in [3.8, 4) is 0 Å². The van der Waals surface area contributed by atoms with Gasteiger partial charge in [0.05, 0.1) is 0 Å². The third-order valence-electron chi connectivity index (χ3n) is 2.49. The van der Waals surface area contributed by atoms with Crippen LogP contribution in [0.1, 0.15) is 30.9 Å². The van der Waals surface area contributed by atoms with E-state index in [0.717, 1.165) is 6.42 Å². The zero-order chi connectivity index (χ0) is 9.26. The van der Waals surface area contributed by atoms with Gasteiger partial charge in [-0.1, -0.05) is 53.1 Å². The van der Waals surface area contributed by atoms with Gasteiger partial charge in [0.25, 0.3) is 0 Å². The van der Waals surface area contributed by atoms with E-state index >= 15 is 0 Å². The molecule has 0 nitrogen and oxygen atoms in total. The normalized spacial score (nSPS) is 14.2. The summed E-state index contributed by atoms with van der Waals surface area (Å²) in [6.07, 6.45) is 5.97. The topological polar surface area (TPSA) is 0 Å². The Labute approximate surface area is 87.8 Å². The average molecular weight is 237 g/mol.